The van der Waals surface area contributed by atoms with Gasteiger partial charge in [-0.05, 0) is 18.2 Å². The summed E-state index contributed by atoms with van der Waals surface area (Å²) < 4.78 is 60.2. The van der Waals surface area contributed by atoms with Gasteiger partial charge in [-0.15, -0.1) is 4.36 Å². The Kier molecular flexibility index (Phi) is 5.34. The fourth-order valence-corrected chi connectivity index (χ4v) is 4.89. The maximum atomic E-state index is 16.2. The summed E-state index contributed by atoms with van der Waals surface area (Å²) in [5, 5.41) is 7.55. The minimum atomic E-state index is -1.18. The van der Waals surface area contributed by atoms with Gasteiger partial charge >= 0.3 is 14.6 Å². The SMILES string of the molecule is Nc1c([B]Oc2ccccc2[OH2+])c(F)c2c(c(F)c(B3Oc4ccccc4O3)c3nsnc32)c1[NH+]=S. The second-order valence-electron chi connectivity index (χ2n) is 7.80. The molecule has 36 heavy (non-hydrogen) atoms. The number of anilines is 1. The Morgan fingerprint density at radius 1 is 1.00 bits per heavy atom. The van der Waals surface area contributed by atoms with Crippen LogP contribution in [0.5, 0.6) is 23.0 Å². The Morgan fingerprint density at radius 2 is 1.67 bits per heavy atom. The van der Waals surface area contributed by atoms with Crippen molar-refractivity contribution in [1.29, 1.82) is 0 Å². The van der Waals surface area contributed by atoms with Crippen LogP contribution in [0.1, 0.15) is 0 Å². The van der Waals surface area contributed by atoms with Crippen molar-refractivity contribution in [1.82, 2.24) is 8.75 Å². The predicted octanol–water partition coefficient (Wildman–Crippen LogP) is 1.08. The third-order valence-electron chi connectivity index (χ3n) is 5.80. The van der Waals surface area contributed by atoms with Gasteiger partial charge in [0.2, 0.25) is 0 Å². The molecule has 175 valence electrons. The molecule has 0 unspecified atom stereocenters. The Labute approximate surface area is 212 Å². The van der Waals surface area contributed by atoms with Crippen LogP contribution in [0, 0.1) is 11.6 Å². The first-order valence-corrected chi connectivity index (χ1v) is 11.6. The van der Waals surface area contributed by atoms with Crippen molar-refractivity contribution >= 4 is 82.9 Å². The molecule has 1 aliphatic heterocycles. The molecule has 5 N–H and O–H groups in total. The van der Waals surface area contributed by atoms with Crippen molar-refractivity contribution in [2.45, 2.75) is 0 Å². The highest BCUT2D eigenvalue weighted by atomic mass is 32.1. The highest BCUT2D eigenvalue weighted by molar-refractivity contribution is 7.44. The average Bonchev–Trinajstić information content (AvgIpc) is 3.52. The summed E-state index contributed by atoms with van der Waals surface area (Å²) in [5.74, 6) is -0.593. The maximum absolute atomic E-state index is 16.2. The molecule has 0 spiro atoms. The third-order valence-corrected chi connectivity index (χ3v) is 6.53. The van der Waals surface area contributed by atoms with Gasteiger partial charge < -0.3 is 24.8 Å². The summed E-state index contributed by atoms with van der Waals surface area (Å²) in [4.78, 5) is 0. The zero-order chi connectivity index (χ0) is 25.0. The van der Waals surface area contributed by atoms with Gasteiger partial charge in [0, 0.05) is 11.5 Å². The largest absolute Gasteiger partial charge is 0.638 e. The summed E-state index contributed by atoms with van der Waals surface area (Å²) in [6.45, 7) is 0. The number of nitrogen functional groups attached to an aromatic ring is 1. The monoisotopic (exact) mass is 521 g/mol. The fraction of sp³-hybridized carbons (Fsp3) is 0. The van der Waals surface area contributed by atoms with E-state index in [1.54, 1.807) is 42.5 Å². The molecule has 0 atom stereocenters. The number of nitrogens with two attached hydrogens (primary N) is 1. The summed E-state index contributed by atoms with van der Waals surface area (Å²) in [6.07, 6.45) is 0. The van der Waals surface area contributed by atoms with Crippen molar-refractivity contribution in [3.63, 3.8) is 0 Å². The number of hydrogen-bond donors (Lipinski definition) is 2. The number of hydrogen-bond acceptors (Lipinski definition) is 8. The number of benzene rings is 4. The molecule has 0 saturated carbocycles. The van der Waals surface area contributed by atoms with Gasteiger partial charge in [0.05, 0.1) is 28.0 Å². The fourth-order valence-electron chi connectivity index (χ4n) is 4.11. The minimum Gasteiger partial charge on any atom is -0.591 e. The number of aromatic nitrogens is 2. The van der Waals surface area contributed by atoms with Crippen molar-refractivity contribution in [3.05, 3.63) is 60.2 Å². The van der Waals surface area contributed by atoms with E-state index in [0.717, 1.165) is 19.2 Å². The molecule has 0 fully saturated rings. The second kappa shape index (κ2) is 8.57. The van der Waals surface area contributed by atoms with Crippen LogP contribution in [0.3, 0.4) is 0 Å². The van der Waals surface area contributed by atoms with Crippen LogP contribution in [-0.2, 0) is 12.4 Å². The molecule has 1 aliphatic rings. The molecule has 1 aromatic heterocycles. The van der Waals surface area contributed by atoms with Crippen molar-refractivity contribution in [2.24, 2.45) is 0 Å². The predicted molar refractivity (Wildman–Crippen MR) is 136 cm³/mol. The van der Waals surface area contributed by atoms with Crippen LogP contribution in [0.25, 0.3) is 21.8 Å². The lowest BCUT2D eigenvalue weighted by atomic mass is 9.75. The third kappa shape index (κ3) is 3.33. The molecular weight excluding hydrogens is 508 g/mol. The first-order valence-electron chi connectivity index (χ1n) is 10.5. The van der Waals surface area contributed by atoms with Crippen molar-refractivity contribution in [3.8, 4) is 23.0 Å². The number of nitrogens with one attached hydrogen (secondary N) is 1. The molecule has 1 radical (unpaired) electrons. The first kappa shape index (κ1) is 22.4. The number of fused-ring (bicyclic) bond motifs is 4. The smallest absolute Gasteiger partial charge is 0.591 e. The van der Waals surface area contributed by atoms with Gasteiger partial charge in [-0.25, -0.2) is 8.78 Å². The molecule has 5 aromatic rings. The molecule has 0 amide bonds. The number of halogens is 2. The van der Waals surface area contributed by atoms with E-state index in [-0.39, 0.29) is 55.6 Å². The summed E-state index contributed by atoms with van der Waals surface area (Å²) in [7, 11) is -0.117. The van der Waals surface area contributed by atoms with Crippen LogP contribution in [0.2, 0.25) is 0 Å². The van der Waals surface area contributed by atoms with E-state index in [1.165, 1.54) is 6.07 Å². The number of para-hydroxylation sites is 4. The van der Waals surface area contributed by atoms with E-state index in [9.17, 15) is 0 Å². The summed E-state index contributed by atoms with van der Waals surface area (Å²) in [5.41, 5.74) is 5.96. The van der Waals surface area contributed by atoms with Crippen molar-refractivity contribution < 1.29 is 32.2 Å². The molecule has 4 aromatic carbocycles. The molecule has 0 saturated heterocycles. The van der Waals surface area contributed by atoms with Gasteiger partial charge in [0.15, 0.2) is 5.75 Å². The van der Waals surface area contributed by atoms with Crippen LogP contribution < -0.4 is 35.0 Å². The van der Waals surface area contributed by atoms with Gasteiger partial charge in [-0.2, -0.15) is 8.75 Å². The van der Waals surface area contributed by atoms with Gasteiger partial charge in [0.25, 0.3) is 23.9 Å². The topological polar surface area (TPSA) is 116 Å². The minimum absolute atomic E-state index is 0.0421. The molecule has 0 bridgehead atoms. The molecule has 8 nitrogen and oxygen atoms in total. The zero-order valence-corrected chi connectivity index (χ0v) is 19.7. The van der Waals surface area contributed by atoms with Gasteiger partial charge in [-0.1, -0.05) is 24.3 Å². The highest BCUT2D eigenvalue weighted by Crippen LogP contribution is 2.37. The summed E-state index contributed by atoms with van der Waals surface area (Å²) in [6, 6.07) is 13.3. The standard InChI is InChI=1S/C22H11B2F2N4O4S2/c25-17-13-14(20(28-35)19(27)15(17)23-32-10-6-2-1-5-9(10)31)18(26)16(22-21(13)29-36-30-22)24-33-11-7-3-4-8-12(11)34-24/h1-8,31H,27H2/p+2. The van der Waals surface area contributed by atoms with E-state index >= 15 is 8.78 Å². The zero-order valence-electron chi connectivity index (χ0n) is 18.0. The second-order valence-corrected chi connectivity index (χ2v) is 8.54. The van der Waals surface area contributed by atoms with Crippen molar-refractivity contribution in [2.75, 3.05) is 5.73 Å². The molecule has 14 heteroatoms. The van der Waals surface area contributed by atoms with Crippen LogP contribution in [0.4, 0.5) is 20.2 Å². The van der Waals surface area contributed by atoms with E-state index in [1.807, 2.05) is 0 Å². The highest BCUT2D eigenvalue weighted by Gasteiger charge is 2.42. The van der Waals surface area contributed by atoms with Crippen LogP contribution in [0.15, 0.2) is 48.5 Å². The normalized spacial score (nSPS) is 12.3. The quantitative estimate of drug-likeness (QED) is 0.202. The lowest BCUT2D eigenvalue weighted by Gasteiger charge is -2.14. The molecule has 6 rings (SSSR count). The van der Waals surface area contributed by atoms with E-state index in [0.29, 0.717) is 11.5 Å². The maximum Gasteiger partial charge on any atom is 0.638 e. The number of rotatable bonds is 5. The average molecular weight is 521 g/mol. The van der Waals surface area contributed by atoms with E-state index in [4.69, 9.17) is 37.2 Å². The van der Waals surface area contributed by atoms with E-state index < -0.39 is 18.8 Å². The molecular formula is C22H13B2F2N4O4S2+2. The Hall–Kier alpha value is -4.03. The number of nitrogens with zero attached hydrogens (tertiary/aromatic N) is 2. The molecule has 2 heterocycles. The Bertz CT molecular complexity index is 1680. The van der Waals surface area contributed by atoms with Crippen LogP contribution in [-0.4, -0.2) is 28.5 Å². The van der Waals surface area contributed by atoms with Gasteiger partial charge in [0.1, 0.15) is 39.9 Å². The lowest BCUT2D eigenvalue weighted by Crippen LogP contribution is -2.58. The summed E-state index contributed by atoms with van der Waals surface area (Å²) >= 11 is 5.82. The molecule has 0 aliphatic carbocycles. The Balaban J connectivity index is 1.55. The Morgan fingerprint density at radius 3 is 2.36 bits per heavy atom. The lowest BCUT2D eigenvalue weighted by molar-refractivity contribution is -0.312. The van der Waals surface area contributed by atoms with Crippen LogP contribution >= 0.6 is 11.7 Å². The first-order chi connectivity index (χ1) is 17.5. The van der Waals surface area contributed by atoms with E-state index in [2.05, 4.69) is 13.1 Å². The van der Waals surface area contributed by atoms with Gasteiger partial charge in [-0.3, -0.25) is 0 Å².